The number of aryl methyl sites for hydroxylation is 1. The summed E-state index contributed by atoms with van der Waals surface area (Å²) in [7, 11) is 0. The summed E-state index contributed by atoms with van der Waals surface area (Å²) in [6, 6.07) is 13.9. The zero-order valence-electron chi connectivity index (χ0n) is 13.0. The van der Waals surface area contributed by atoms with Gasteiger partial charge >= 0.3 is 0 Å². The fourth-order valence-corrected chi connectivity index (χ4v) is 3.38. The lowest BCUT2D eigenvalue weighted by Gasteiger charge is -2.22. The predicted molar refractivity (Wildman–Crippen MR) is 93.5 cm³/mol. The molecule has 1 unspecified atom stereocenters. The molecule has 0 radical (unpaired) electrons. The van der Waals surface area contributed by atoms with Crippen LogP contribution in [0.4, 0.5) is 0 Å². The van der Waals surface area contributed by atoms with E-state index in [4.69, 9.17) is 0 Å². The third-order valence-corrected chi connectivity index (χ3v) is 5.06. The first kappa shape index (κ1) is 15.8. The molecule has 2 heterocycles. The number of rotatable bonds is 6. The first-order chi connectivity index (χ1) is 11.1. The molecule has 1 atom stereocenters. The molecule has 0 aliphatic carbocycles. The van der Waals surface area contributed by atoms with Crippen molar-refractivity contribution in [1.29, 1.82) is 0 Å². The summed E-state index contributed by atoms with van der Waals surface area (Å²) >= 11 is 1.49. The van der Waals surface area contributed by atoms with E-state index in [0.29, 0.717) is 13.0 Å². The molecular formula is C18H20N2O2S. The molecular weight excluding hydrogens is 308 g/mol. The van der Waals surface area contributed by atoms with E-state index in [1.807, 2.05) is 35.8 Å². The maximum absolute atomic E-state index is 12.1. The first-order valence-corrected chi connectivity index (χ1v) is 8.51. The summed E-state index contributed by atoms with van der Waals surface area (Å²) in [4.78, 5) is 12.9. The van der Waals surface area contributed by atoms with E-state index >= 15 is 0 Å². The van der Waals surface area contributed by atoms with Gasteiger partial charge in [-0.1, -0.05) is 24.3 Å². The molecule has 0 fully saturated rings. The lowest BCUT2D eigenvalue weighted by molar-refractivity contribution is -0.122. The molecule has 0 saturated carbocycles. The minimum absolute atomic E-state index is 0.0559. The Hall–Kier alpha value is -2.11. The van der Waals surface area contributed by atoms with Crippen molar-refractivity contribution in [3.05, 3.63) is 58.9 Å². The smallest absolute Gasteiger partial charge is 0.221 e. The van der Waals surface area contributed by atoms with Crippen molar-refractivity contribution in [3.63, 3.8) is 0 Å². The van der Waals surface area contributed by atoms with Gasteiger partial charge in [-0.25, -0.2) is 0 Å². The van der Waals surface area contributed by atoms with Gasteiger partial charge < -0.3 is 15.0 Å². The number of nitrogens with zero attached hydrogens (tertiary/aromatic N) is 1. The molecule has 120 valence electrons. The van der Waals surface area contributed by atoms with Crippen molar-refractivity contribution in [1.82, 2.24) is 9.88 Å². The van der Waals surface area contributed by atoms with Gasteiger partial charge in [0.25, 0.3) is 0 Å². The van der Waals surface area contributed by atoms with Crippen LogP contribution in [0.25, 0.3) is 10.9 Å². The second-order valence-electron chi connectivity index (χ2n) is 5.85. The molecule has 0 spiro atoms. The highest BCUT2D eigenvalue weighted by Crippen LogP contribution is 2.24. The second-order valence-corrected chi connectivity index (χ2v) is 6.79. The summed E-state index contributed by atoms with van der Waals surface area (Å²) in [5, 5.41) is 16.3. The first-order valence-electron chi connectivity index (χ1n) is 7.63. The minimum atomic E-state index is -1.02. The molecule has 23 heavy (non-hydrogen) atoms. The highest BCUT2D eigenvalue weighted by Gasteiger charge is 2.24. The molecule has 4 nitrogen and oxygen atoms in total. The minimum Gasteiger partial charge on any atom is -0.383 e. The van der Waals surface area contributed by atoms with E-state index in [2.05, 4.69) is 28.1 Å². The number of nitrogens with one attached hydrogen (secondary N) is 1. The Bertz CT molecular complexity index is 790. The zero-order valence-corrected chi connectivity index (χ0v) is 13.8. The molecule has 2 N–H and O–H groups in total. The van der Waals surface area contributed by atoms with Gasteiger partial charge in [0.1, 0.15) is 5.60 Å². The average molecular weight is 328 g/mol. The normalized spacial score (nSPS) is 13.8. The van der Waals surface area contributed by atoms with Crippen LogP contribution in [0.3, 0.4) is 0 Å². The maximum atomic E-state index is 12.1. The summed E-state index contributed by atoms with van der Waals surface area (Å²) in [5.41, 5.74) is 0.107. The molecule has 0 bridgehead atoms. The molecule has 2 aromatic heterocycles. The highest BCUT2D eigenvalue weighted by atomic mass is 32.1. The van der Waals surface area contributed by atoms with Gasteiger partial charge in [-0.05, 0) is 35.9 Å². The standard InChI is InChI=1S/C18H20N2O2S/c1-18(22,16-7-4-12-23-16)13-19-17(21)9-11-20-10-8-14-5-2-3-6-15(14)20/h2-8,10,12,22H,9,11,13H2,1H3,(H,19,21). The van der Waals surface area contributed by atoms with Crippen LogP contribution in [0.1, 0.15) is 18.2 Å². The van der Waals surface area contributed by atoms with E-state index in [1.165, 1.54) is 16.7 Å². The number of aliphatic hydroxyl groups is 1. The molecule has 5 heteroatoms. The summed E-state index contributed by atoms with van der Waals surface area (Å²) in [6.45, 7) is 2.57. The van der Waals surface area contributed by atoms with Crippen LogP contribution in [0.15, 0.2) is 54.0 Å². The van der Waals surface area contributed by atoms with E-state index in [1.54, 1.807) is 6.92 Å². The average Bonchev–Trinajstić information content (AvgIpc) is 3.21. The van der Waals surface area contributed by atoms with Crippen molar-refractivity contribution in [2.45, 2.75) is 25.5 Å². The van der Waals surface area contributed by atoms with Crippen molar-refractivity contribution in [2.24, 2.45) is 0 Å². The molecule has 3 rings (SSSR count). The number of amides is 1. The largest absolute Gasteiger partial charge is 0.383 e. The SMILES string of the molecule is CC(O)(CNC(=O)CCn1ccc2ccccc21)c1cccs1. The number of benzene rings is 1. The number of hydrogen-bond acceptors (Lipinski definition) is 3. The topological polar surface area (TPSA) is 54.3 Å². The third kappa shape index (κ3) is 3.63. The van der Waals surface area contributed by atoms with Gasteiger partial charge in [-0.2, -0.15) is 0 Å². The van der Waals surface area contributed by atoms with Crippen LogP contribution in [0.2, 0.25) is 0 Å². The zero-order chi connectivity index (χ0) is 16.3. The Kier molecular flexibility index (Phi) is 4.50. The van der Waals surface area contributed by atoms with Gasteiger partial charge in [0.15, 0.2) is 0 Å². The number of hydrogen-bond donors (Lipinski definition) is 2. The van der Waals surface area contributed by atoms with E-state index in [0.717, 1.165) is 10.4 Å². The Labute approximate surface area is 139 Å². The van der Waals surface area contributed by atoms with Gasteiger partial charge in [-0.15, -0.1) is 11.3 Å². The Morgan fingerprint density at radius 2 is 2.09 bits per heavy atom. The fourth-order valence-electron chi connectivity index (χ4n) is 2.59. The number of fused-ring (bicyclic) bond motifs is 1. The van der Waals surface area contributed by atoms with Crippen LogP contribution in [-0.4, -0.2) is 22.1 Å². The monoisotopic (exact) mass is 328 g/mol. The van der Waals surface area contributed by atoms with Crippen LogP contribution >= 0.6 is 11.3 Å². The van der Waals surface area contributed by atoms with E-state index in [9.17, 15) is 9.90 Å². The number of para-hydroxylation sites is 1. The number of thiophene rings is 1. The summed E-state index contributed by atoms with van der Waals surface area (Å²) in [5.74, 6) is -0.0559. The van der Waals surface area contributed by atoms with Crippen molar-refractivity contribution < 1.29 is 9.90 Å². The maximum Gasteiger partial charge on any atom is 0.221 e. The van der Waals surface area contributed by atoms with Crippen LogP contribution in [0, 0.1) is 0 Å². The third-order valence-electron chi connectivity index (χ3n) is 3.94. The Balaban J connectivity index is 1.54. The van der Waals surface area contributed by atoms with Crippen LogP contribution in [0.5, 0.6) is 0 Å². The molecule has 1 aromatic carbocycles. The fraction of sp³-hybridized carbons (Fsp3) is 0.278. The Morgan fingerprint density at radius 3 is 2.87 bits per heavy atom. The van der Waals surface area contributed by atoms with Crippen molar-refractivity contribution in [2.75, 3.05) is 6.54 Å². The van der Waals surface area contributed by atoms with Crippen LogP contribution in [-0.2, 0) is 16.9 Å². The molecule has 1 amide bonds. The van der Waals surface area contributed by atoms with Crippen LogP contribution < -0.4 is 5.32 Å². The van der Waals surface area contributed by atoms with Gasteiger partial charge in [0, 0.05) is 29.6 Å². The van der Waals surface area contributed by atoms with Crippen molar-refractivity contribution in [3.8, 4) is 0 Å². The lowest BCUT2D eigenvalue weighted by atomic mass is 10.1. The molecule has 0 aliphatic rings. The van der Waals surface area contributed by atoms with Gasteiger partial charge in [0.05, 0.1) is 6.54 Å². The number of aromatic nitrogens is 1. The van der Waals surface area contributed by atoms with E-state index in [-0.39, 0.29) is 12.5 Å². The van der Waals surface area contributed by atoms with E-state index < -0.39 is 5.60 Å². The second kappa shape index (κ2) is 6.56. The molecule has 3 aromatic rings. The molecule has 0 aliphatic heterocycles. The quantitative estimate of drug-likeness (QED) is 0.730. The predicted octanol–water partition coefficient (Wildman–Crippen LogP) is 3.12. The van der Waals surface area contributed by atoms with Gasteiger partial charge in [-0.3, -0.25) is 4.79 Å². The Morgan fingerprint density at radius 1 is 1.26 bits per heavy atom. The van der Waals surface area contributed by atoms with Crippen molar-refractivity contribution >= 4 is 28.1 Å². The number of carbonyl (C=O) groups is 1. The number of carbonyl (C=O) groups excluding carboxylic acids is 1. The highest BCUT2D eigenvalue weighted by molar-refractivity contribution is 7.10. The summed E-state index contributed by atoms with van der Waals surface area (Å²) < 4.78 is 2.08. The van der Waals surface area contributed by atoms with Gasteiger partial charge in [0.2, 0.25) is 5.91 Å². The summed E-state index contributed by atoms with van der Waals surface area (Å²) in [6.07, 6.45) is 2.39. The molecule has 0 saturated heterocycles. The lowest BCUT2D eigenvalue weighted by Crippen LogP contribution is -2.38.